The van der Waals surface area contributed by atoms with Crippen LogP contribution in [0, 0.1) is 25.2 Å². The average Bonchev–Trinajstić information content (AvgIpc) is 3.40. The predicted molar refractivity (Wildman–Crippen MR) is 143 cm³/mol. The second-order valence-corrected chi connectivity index (χ2v) is 10.5. The number of hydrogen-bond acceptors (Lipinski definition) is 5. The van der Waals surface area contributed by atoms with E-state index < -0.39 is 0 Å². The fourth-order valence-electron chi connectivity index (χ4n) is 5.17. The van der Waals surface area contributed by atoms with E-state index in [9.17, 15) is 4.79 Å². The van der Waals surface area contributed by atoms with Crippen LogP contribution in [0.25, 0.3) is 11.8 Å². The number of ether oxygens (including phenoxy) is 1. The van der Waals surface area contributed by atoms with Crippen molar-refractivity contribution in [3.8, 4) is 11.4 Å². The Hall–Kier alpha value is -3.13. The molecule has 182 valence electrons. The number of aromatic nitrogens is 1. The summed E-state index contributed by atoms with van der Waals surface area (Å²) in [5.74, 6) is 1.25. The molecule has 1 fully saturated rings. The third-order valence-electron chi connectivity index (χ3n) is 7.07. The lowest BCUT2D eigenvalue weighted by Crippen LogP contribution is -2.35. The summed E-state index contributed by atoms with van der Waals surface area (Å²) in [5.41, 5.74) is 4.13. The number of amides is 1. The van der Waals surface area contributed by atoms with Crippen molar-refractivity contribution in [2.24, 2.45) is 16.0 Å². The van der Waals surface area contributed by atoms with Crippen molar-refractivity contribution < 1.29 is 9.53 Å². The molecule has 0 atom stereocenters. The number of hydrazone groups is 1. The van der Waals surface area contributed by atoms with E-state index in [0.29, 0.717) is 5.17 Å². The second-order valence-electron chi connectivity index (χ2n) is 9.42. The molecular formula is C27H31N5O2S. The minimum absolute atomic E-state index is 0.0892. The third kappa shape index (κ3) is 4.72. The Morgan fingerprint density at radius 1 is 1.20 bits per heavy atom. The number of rotatable bonds is 6. The molecule has 7 nitrogen and oxygen atoms in total. The number of hydrogen-bond donors (Lipinski definition) is 1. The van der Waals surface area contributed by atoms with Gasteiger partial charge in [-0.05, 0) is 74.2 Å². The number of carbonyl (C=O) groups is 1. The molecule has 1 aromatic heterocycles. The molecule has 3 aliphatic rings. The van der Waals surface area contributed by atoms with Crippen LogP contribution in [0.5, 0.6) is 5.75 Å². The minimum atomic E-state index is -0.385. The molecule has 1 saturated carbocycles. The lowest BCUT2D eigenvalue weighted by molar-refractivity contribution is -0.114. The Labute approximate surface area is 210 Å². The topological polar surface area (TPSA) is 83.0 Å². The Bertz CT molecular complexity index is 1270. The predicted octanol–water partition coefficient (Wildman–Crippen LogP) is 6.08. The van der Waals surface area contributed by atoms with Crippen LogP contribution in [-0.2, 0) is 4.79 Å². The molecule has 0 saturated heterocycles. The quantitative estimate of drug-likeness (QED) is 0.498. The first-order chi connectivity index (χ1) is 16.9. The first kappa shape index (κ1) is 23.6. The van der Waals surface area contributed by atoms with Crippen molar-refractivity contribution in [3.63, 3.8) is 0 Å². The molecule has 3 heterocycles. The maximum atomic E-state index is 12.9. The number of fused-ring (bicyclic) bond motifs is 1. The van der Waals surface area contributed by atoms with E-state index in [1.54, 1.807) is 13.2 Å². The largest absolute Gasteiger partial charge is 0.497 e. The van der Waals surface area contributed by atoms with Gasteiger partial charge in [0.25, 0.3) is 5.91 Å². The summed E-state index contributed by atoms with van der Waals surface area (Å²) in [5, 5.41) is 16.4. The number of methoxy groups -OCH3 is 1. The zero-order valence-electron chi connectivity index (χ0n) is 20.5. The maximum Gasteiger partial charge on any atom is 0.283 e. The molecule has 0 bridgehead atoms. The number of aryl methyl sites for hydroxylation is 1. The standard InChI is InChI=1S/C27H31N5O2S/c1-17-14-20(18(2)31(17)21-10-7-11-22(16-21)34-3)15-23-25(28)32-27(29-26(23)33)35-24(30-32)13-12-19-8-5-4-6-9-19/h7,10-11,14-16,19,28H,4-6,8-9,12-13H2,1-3H3/b23-15-,28-25?. The SMILES string of the molecule is COc1cccc(-n2c(C)cc(/C=C3/C(=N)N4N=C(CCC5CCCCC5)SC4=NC3=O)c2C)c1. The van der Waals surface area contributed by atoms with E-state index in [1.165, 1.54) is 48.9 Å². The first-order valence-corrected chi connectivity index (χ1v) is 13.1. The lowest BCUT2D eigenvalue weighted by atomic mass is 9.86. The van der Waals surface area contributed by atoms with Crippen LogP contribution in [0.15, 0.2) is 46.0 Å². The highest BCUT2D eigenvalue weighted by molar-refractivity contribution is 8.26. The molecule has 1 aliphatic carbocycles. The molecule has 0 radical (unpaired) electrons. The van der Waals surface area contributed by atoms with Crippen LogP contribution in [-0.4, -0.2) is 38.6 Å². The number of nitrogens with one attached hydrogen (secondary N) is 1. The lowest BCUT2D eigenvalue weighted by Gasteiger charge is -2.20. The van der Waals surface area contributed by atoms with E-state index in [0.717, 1.165) is 52.2 Å². The van der Waals surface area contributed by atoms with E-state index in [2.05, 4.69) is 14.7 Å². The fourth-order valence-corrected chi connectivity index (χ4v) is 6.07. The Morgan fingerprint density at radius 2 is 2.00 bits per heavy atom. The van der Waals surface area contributed by atoms with Crippen molar-refractivity contribution in [1.29, 1.82) is 5.41 Å². The monoisotopic (exact) mass is 489 g/mol. The molecule has 35 heavy (non-hydrogen) atoms. The van der Waals surface area contributed by atoms with Gasteiger partial charge in [0.1, 0.15) is 10.8 Å². The molecule has 2 aliphatic heterocycles. The molecule has 2 aromatic rings. The van der Waals surface area contributed by atoms with Crippen LogP contribution in [0.4, 0.5) is 0 Å². The fraction of sp³-hybridized carbons (Fsp3) is 0.407. The first-order valence-electron chi connectivity index (χ1n) is 12.3. The van der Waals surface area contributed by atoms with Crippen molar-refractivity contribution >= 4 is 39.8 Å². The second kappa shape index (κ2) is 9.85. The van der Waals surface area contributed by atoms with E-state index in [1.807, 2.05) is 44.2 Å². The number of thioether (sulfide) groups is 1. The highest BCUT2D eigenvalue weighted by atomic mass is 32.2. The molecule has 8 heteroatoms. The number of amidine groups is 2. The van der Waals surface area contributed by atoms with Crippen LogP contribution < -0.4 is 4.74 Å². The van der Waals surface area contributed by atoms with Crippen molar-refractivity contribution in [2.75, 3.05) is 7.11 Å². The Balaban J connectivity index is 1.38. The number of benzene rings is 1. The van der Waals surface area contributed by atoms with Gasteiger partial charge in [0.15, 0.2) is 5.84 Å². The van der Waals surface area contributed by atoms with Crippen molar-refractivity contribution in [1.82, 2.24) is 9.58 Å². The van der Waals surface area contributed by atoms with Crippen molar-refractivity contribution in [2.45, 2.75) is 58.8 Å². The van der Waals surface area contributed by atoms with Gasteiger partial charge in [-0.2, -0.15) is 15.1 Å². The zero-order chi connectivity index (χ0) is 24.5. The number of carbonyl (C=O) groups excluding carboxylic acids is 1. The summed E-state index contributed by atoms with van der Waals surface area (Å²) in [6, 6.07) is 9.90. The molecule has 0 spiro atoms. The van der Waals surface area contributed by atoms with Crippen LogP contribution in [0.3, 0.4) is 0 Å². The van der Waals surface area contributed by atoms with E-state index >= 15 is 0 Å². The molecule has 5 rings (SSSR count). The van der Waals surface area contributed by atoms with Gasteiger partial charge < -0.3 is 9.30 Å². The average molecular weight is 490 g/mol. The molecule has 1 amide bonds. The van der Waals surface area contributed by atoms with Crippen molar-refractivity contribution in [3.05, 3.63) is 52.9 Å². The summed E-state index contributed by atoms with van der Waals surface area (Å²) in [7, 11) is 1.65. The van der Waals surface area contributed by atoms with Crippen LogP contribution in [0.1, 0.15) is 61.9 Å². The summed E-state index contributed by atoms with van der Waals surface area (Å²) < 4.78 is 7.50. The van der Waals surface area contributed by atoms with Gasteiger partial charge in [0, 0.05) is 23.1 Å². The smallest absolute Gasteiger partial charge is 0.283 e. The summed E-state index contributed by atoms with van der Waals surface area (Å²) in [6.45, 7) is 4.04. The van der Waals surface area contributed by atoms with E-state index in [-0.39, 0.29) is 17.3 Å². The Morgan fingerprint density at radius 3 is 2.77 bits per heavy atom. The highest BCUT2D eigenvalue weighted by Crippen LogP contribution is 2.34. The van der Waals surface area contributed by atoms with Gasteiger partial charge in [0.05, 0.1) is 12.7 Å². The zero-order valence-corrected chi connectivity index (χ0v) is 21.3. The van der Waals surface area contributed by atoms with Crippen LogP contribution in [0.2, 0.25) is 0 Å². The normalized spacial score (nSPS) is 19.7. The highest BCUT2D eigenvalue weighted by Gasteiger charge is 2.35. The molecule has 1 aromatic carbocycles. The van der Waals surface area contributed by atoms with Gasteiger partial charge in [-0.3, -0.25) is 10.2 Å². The van der Waals surface area contributed by atoms with Crippen LogP contribution >= 0.6 is 11.8 Å². The van der Waals surface area contributed by atoms with Gasteiger partial charge in [-0.15, -0.1) is 0 Å². The number of aliphatic imine (C=N–C) groups is 1. The van der Waals surface area contributed by atoms with Gasteiger partial charge in [-0.25, -0.2) is 0 Å². The van der Waals surface area contributed by atoms with Gasteiger partial charge in [-0.1, -0.05) is 38.2 Å². The molecule has 1 N–H and O–H groups in total. The summed E-state index contributed by atoms with van der Waals surface area (Å²) >= 11 is 1.43. The minimum Gasteiger partial charge on any atom is -0.497 e. The molecular weight excluding hydrogens is 458 g/mol. The third-order valence-corrected chi connectivity index (χ3v) is 8.04. The number of nitrogens with zero attached hydrogens (tertiary/aromatic N) is 4. The maximum absolute atomic E-state index is 12.9. The van der Waals surface area contributed by atoms with Gasteiger partial charge in [0.2, 0.25) is 5.17 Å². The molecule has 0 unspecified atom stereocenters. The summed E-state index contributed by atoms with van der Waals surface area (Å²) in [6.07, 6.45) is 10.4. The Kier molecular flexibility index (Phi) is 6.65. The summed E-state index contributed by atoms with van der Waals surface area (Å²) in [4.78, 5) is 17.2. The van der Waals surface area contributed by atoms with E-state index in [4.69, 9.17) is 10.1 Å². The van der Waals surface area contributed by atoms with Gasteiger partial charge >= 0.3 is 0 Å².